The number of hydrogen-bond donors (Lipinski definition) is 0. The fourth-order valence-electron chi connectivity index (χ4n) is 2.45. The Morgan fingerprint density at radius 3 is 2.70 bits per heavy atom. The molecule has 2 aromatic rings. The second-order valence-electron chi connectivity index (χ2n) is 4.99. The number of rotatable bonds is 2. The Bertz CT molecular complexity index is 621. The van der Waals surface area contributed by atoms with Crippen molar-refractivity contribution in [2.45, 2.75) is 25.7 Å². The van der Waals surface area contributed by atoms with Gasteiger partial charge in [0, 0.05) is 18.7 Å². The minimum atomic E-state index is 0.473. The van der Waals surface area contributed by atoms with Gasteiger partial charge in [-0.2, -0.15) is 10.2 Å². The first-order valence-corrected chi connectivity index (χ1v) is 6.96. The Hall–Kier alpha value is -2.35. The Kier molecular flexibility index (Phi) is 3.64. The minimum Gasteiger partial charge on any atom is -0.338 e. The predicted octanol–water partition coefficient (Wildman–Crippen LogP) is 2.99. The van der Waals surface area contributed by atoms with Gasteiger partial charge in [-0.05, 0) is 36.2 Å². The monoisotopic (exact) mass is 268 g/mol. The number of benzene rings is 1. The number of anilines is 1. The molecule has 0 aliphatic carbocycles. The summed E-state index contributed by atoms with van der Waals surface area (Å²) in [4.78, 5) is 6.63. The second-order valence-corrected chi connectivity index (χ2v) is 4.99. The molecule has 1 saturated heterocycles. The van der Waals surface area contributed by atoms with E-state index in [1.807, 2.05) is 12.1 Å². The molecular formula is C15H16N4O. The van der Waals surface area contributed by atoms with Gasteiger partial charge in [0.05, 0.1) is 11.6 Å². The summed E-state index contributed by atoms with van der Waals surface area (Å²) < 4.78 is 5.33. The van der Waals surface area contributed by atoms with E-state index in [1.54, 1.807) is 12.1 Å². The molecule has 1 fully saturated rings. The lowest BCUT2D eigenvalue weighted by atomic mass is 10.1. The third-order valence-electron chi connectivity index (χ3n) is 3.54. The maximum absolute atomic E-state index is 8.92. The topological polar surface area (TPSA) is 66.0 Å². The summed E-state index contributed by atoms with van der Waals surface area (Å²) in [6.45, 7) is 1.97. The summed E-state index contributed by atoms with van der Waals surface area (Å²) in [5.74, 6) is 1.13. The molecule has 0 amide bonds. The third-order valence-corrected chi connectivity index (χ3v) is 3.54. The van der Waals surface area contributed by atoms with Crippen LogP contribution in [0.4, 0.5) is 5.95 Å². The van der Waals surface area contributed by atoms with Gasteiger partial charge in [-0.3, -0.25) is 0 Å². The Morgan fingerprint density at radius 2 is 1.95 bits per heavy atom. The van der Waals surface area contributed by atoms with E-state index in [-0.39, 0.29) is 0 Å². The van der Waals surface area contributed by atoms with Crippen molar-refractivity contribution in [2.75, 3.05) is 18.0 Å². The van der Waals surface area contributed by atoms with Crippen LogP contribution in [-0.2, 0) is 0 Å². The molecule has 2 heterocycles. The normalized spacial score (nSPS) is 15.7. The molecule has 5 nitrogen and oxygen atoms in total. The highest BCUT2D eigenvalue weighted by atomic mass is 16.5. The summed E-state index contributed by atoms with van der Waals surface area (Å²) in [6.07, 6.45) is 4.89. The Morgan fingerprint density at radius 1 is 1.15 bits per heavy atom. The second kappa shape index (κ2) is 5.74. The molecule has 1 aromatic carbocycles. The highest BCUT2D eigenvalue weighted by Crippen LogP contribution is 2.22. The molecule has 1 aliphatic heterocycles. The molecule has 1 aliphatic rings. The standard InChI is InChI=1S/C15H16N4O/c16-11-12-6-5-7-13(10-12)14-17-15(18-20-14)19-8-3-1-2-4-9-19/h5-7,10H,1-4,8-9H2. The number of hydrogen-bond acceptors (Lipinski definition) is 5. The maximum Gasteiger partial charge on any atom is 0.266 e. The number of nitriles is 1. The first kappa shape index (κ1) is 12.7. The van der Waals surface area contributed by atoms with Crippen molar-refractivity contribution < 1.29 is 4.52 Å². The van der Waals surface area contributed by atoms with Gasteiger partial charge in [-0.25, -0.2) is 0 Å². The van der Waals surface area contributed by atoms with E-state index in [2.05, 4.69) is 21.1 Å². The third kappa shape index (κ3) is 2.64. The zero-order valence-electron chi connectivity index (χ0n) is 11.2. The highest BCUT2D eigenvalue weighted by Gasteiger charge is 2.16. The predicted molar refractivity (Wildman–Crippen MR) is 75.1 cm³/mol. The van der Waals surface area contributed by atoms with Gasteiger partial charge in [0.2, 0.25) is 0 Å². The van der Waals surface area contributed by atoms with Crippen LogP contribution in [0.25, 0.3) is 11.5 Å². The summed E-state index contributed by atoms with van der Waals surface area (Å²) in [7, 11) is 0. The van der Waals surface area contributed by atoms with Gasteiger partial charge in [0.1, 0.15) is 0 Å². The Labute approximate surface area is 117 Å². The molecular weight excluding hydrogens is 252 g/mol. The van der Waals surface area contributed by atoms with Crippen molar-refractivity contribution in [2.24, 2.45) is 0 Å². The van der Waals surface area contributed by atoms with Crippen molar-refractivity contribution in [1.82, 2.24) is 10.1 Å². The van der Waals surface area contributed by atoms with Crippen molar-refractivity contribution in [1.29, 1.82) is 5.26 Å². The van der Waals surface area contributed by atoms with Gasteiger partial charge in [0.15, 0.2) is 0 Å². The molecule has 0 unspecified atom stereocenters. The average molecular weight is 268 g/mol. The van der Waals surface area contributed by atoms with E-state index in [1.165, 1.54) is 25.7 Å². The first-order valence-electron chi connectivity index (χ1n) is 6.96. The molecule has 3 rings (SSSR count). The van der Waals surface area contributed by atoms with E-state index < -0.39 is 0 Å². The number of aromatic nitrogens is 2. The quantitative estimate of drug-likeness (QED) is 0.837. The van der Waals surface area contributed by atoms with Crippen molar-refractivity contribution in [3.05, 3.63) is 29.8 Å². The lowest BCUT2D eigenvalue weighted by Gasteiger charge is -2.16. The largest absolute Gasteiger partial charge is 0.338 e. The smallest absolute Gasteiger partial charge is 0.266 e. The summed E-state index contributed by atoms with van der Waals surface area (Å²) >= 11 is 0. The summed E-state index contributed by atoms with van der Waals surface area (Å²) in [5.41, 5.74) is 1.38. The minimum absolute atomic E-state index is 0.473. The van der Waals surface area contributed by atoms with Crippen LogP contribution < -0.4 is 4.90 Å². The van der Waals surface area contributed by atoms with Gasteiger partial charge in [0.25, 0.3) is 11.8 Å². The van der Waals surface area contributed by atoms with Crippen LogP contribution in [0.5, 0.6) is 0 Å². The SMILES string of the molecule is N#Cc1cccc(-c2nc(N3CCCCCC3)no2)c1. The zero-order valence-corrected chi connectivity index (χ0v) is 11.2. The summed E-state index contributed by atoms with van der Waals surface area (Å²) in [6, 6.07) is 9.34. The lowest BCUT2D eigenvalue weighted by Crippen LogP contribution is -2.24. The average Bonchev–Trinajstić information content (AvgIpc) is 2.83. The van der Waals surface area contributed by atoms with E-state index in [0.717, 1.165) is 18.7 Å². The molecule has 102 valence electrons. The van der Waals surface area contributed by atoms with Crippen molar-refractivity contribution in [3.63, 3.8) is 0 Å². The van der Waals surface area contributed by atoms with Gasteiger partial charge >= 0.3 is 0 Å². The lowest BCUT2D eigenvalue weighted by molar-refractivity contribution is 0.429. The van der Waals surface area contributed by atoms with Crippen molar-refractivity contribution >= 4 is 5.95 Å². The van der Waals surface area contributed by atoms with E-state index in [9.17, 15) is 0 Å². The first-order chi connectivity index (χ1) is 9.86. The fraction of sp³-hybridized carbons (Fsp3) is 0.400. The zero-order chi connectivity index (χ0) is 13.8. The molecule has 0 radical (unpaired) electrons. The molecule has 0 saturated carbocycles. The number of nitrogens with zero attached hydrogens (tertiary/aromatic N) is 4. The molecule has 5 heteroatoms. The van der Waals surface area contributed by atoms with Gasteiger partial charge in [-0.1, -0.05) is 18.9 Å². The molecule has 0 atom stereocenters. The van der Waals surface area contributed by atoms with Crippen LogP contribution >= 0.6 is 0 Å². The fourth-order valence-corrected chi connectivity index (χ4v) is 2.45. The summed E-state index contributed by atoms with van der Waals surface area (Å²) in [5, 5.41) is 13.0. The maximum atomic E-state index is 8.92. The van der Waals surface area contributed by atoms with Crippen LogP contribution in [0.2, 0.25) is 0 Å². The van der Waals surface area contributed by atoms with E-state index >= 15 is 0 Å². The molecule has 0 bridgehead atoms. The van der Waals surface area contributed by atoms with E-state index in [4.69, 9.17) is 9.78 Å². The Balaban J connectivity index is 1.84. The van der Waals surface area contributed by atoms with Crippen LogP contribution in [-0.4, -0.2) is 23.2 Å². The van der Waals surface area contributed by atoms with Gasteiger partial charge < -0.3 is 9.42 Å². The molecule has 20 heavy (non-hydrogen) atoms. The van der Waals surface area contributed by atoms with Crippen LogP contribution in [0.1, 0.15) is 31.2 Å². The van der Waals surface area contributed by atoms with Crippen LogP contribution in [0.3, 0.4) is 0 Å². The molecule has 0 N–H and O–H groups in total. The van der Waals surface area contributed by atoms with Gasteiger partial charge in [-0.15, -0.1) is 0 Å². The van der Waals surface area contributed by atoms with Crippen LogP contribution in [0.15, 0.2) is 28.8 Å². The van der Waals surface area contributed by atoms with Crippen molar-refractivity contribution in [3.8, 4) is 17.5 Å². The molecule has 0 spiro atoms. The highest BCUT2D eigenvalue weighted by molar-refractivity contribution is 5.57. The molecule has 1 aromatic heterocycles. The van der Waals surface area contributed by atoms with E-state index in [0.29, 0.717) is 17.4 Å². The van der Waals surface area contributed by atoms with Crippen LogP contribution in [0, 0.1) is 11.3 Å².